The summed E-state index contributed by atoms with van der Waals surface area (Å²) < 4.78 is 14.0. The van der Waals surface area contributed by atoms with Gasteiger partial charge in [-0.3, -0.25) is 0 Å². The van der Waals surface area contributed by atoms with Crippen LogP contribution in [-0.4, -0.2) is 6.54 Å². The van der Waals surface area contributed by atoms with Gasteiger partial charge in [0.1, 0.15) is 5.82 Å². The van der Waals surface area contributed by atoms with E-state index >= 15 is 0 Å². The Hall–Kier alpha value is -1.38. The molecule has 1 unspecified atom stereocenters. The summed E-state index contributed by atoms with van der Waals surface area (Å²) in [5, 5.41) is 0.560. The van der Waals surface area contributed by atoms with Crippen molar-refractivity contribution in [2.24, 2.45) is 5.73 Å². The molecule has 3 heteroatoms. The number of halogens is 2. The molecule has 0 heterocycles. The molecule has 0 radical (unpaired) electrons. The van der Waals surface area contributed by atoms with E-state index in [2.05, 4.69) is 6.92 Å². The first-order valence-electron chi connectivity index (χ1n) is 6.38. The number of hydrogen-bond acceptors (Lipinski definition) is 1. The van der Waals surface area contributed by atoms with E-state index < -0.39 is 0 Å². The van der Waals surface area contributed by atoms with Gasteiger partial charge in [0.15, 0.2) is 0 Å². The molecule has 19 heavy (non-hydrogen) atoms. The molecule has 0 aliphatic heterocycles. The van der Waals surface area contributed by atoms with Gasteiger partial charge >= 0.3 is 0 Å². The Labute approximate surface area is 118 Å². The highest BCUT2D eigenvalue weighted by molar-refractivity contribution is 6.33. The molecule has 100 valence electrons. The van der Waals surface area contributed by atoms with E-state index in [0.717, 1.165) is 17.5 Å². The van der Waals surface area contributed by atoms with Gasteiger partial charge in [-0.05, 0) is 42.6 Å². The number of benzene rings is 2. The normalized spacial score (nSPS) is 12.4. The first-order valence-corrected chi connectivity index (χ1v) is 6.75. The molecule has 0 saturated heterocycles. The fourth-order valence-electron chi connectivity index (χ4n) is 2.15. The zero-order valence-electron chi connectivity index (χ0n) is 10.9. The van der Waals surface area contributed by atoms with Gasteiger partial charge in [0.05, 0.1) is 0 Å². The summed E-state index contributed by atoms with van der Waals surface area (Å²) in [5.41, 5.74) is 7.93. The van der Waals surface area contributed by atoms with Crippen molar-refractivity contribution >= 4 is 11.6 Å². The monoisotopic (exact) mass is 277 g/mol. The summed E-state index contributed by atoms with van der Waals surface area (Å²) in [6.07, 6.45) is 0.883. The molecule has 0 fully saturated rings. The molecule has 0 bridgehead atoms. The Kier molecular flexibility index (Phi) is 4.56. The van der Waals surface area contributed by atoms with Crippen LogP contribution in [0.3, 0.4) is 0 Å². The van der Waals surface area contributed by atoms with E-state index in [1.807, 2.05) is 30.3 Å². The predicted octanol–water partition coefficient (Wildman–Crippen LogP) is 4.60. The molecule has 0 saturated carbocycles. The second kappa shape index (κ2) is 6.18. The van der Waals surface area contributed by atoms with Gasteiger partial charge in [-0.1, -0.05) is 42.8 Å². The predicted molar refractivity (Wildman–Crippen MR) is 78.9 cm³/mol. The molecule has 0 aromatic heterocycles. The lowest BCUT2D eigenvalue weighted by Crippen LogP contribution is -2.05. The van der Waals surface area contributed by atoms with Crippen LogP contribution in [0.5, 0.6) is 0 Å². The van der Waals surface area contributed by atoms with Gasteiger partial charge < -0.3 is 5.73 Å². The van der Waals surface area contributed by atoms with E-state index in [-0.39, 0.29) is 5.82 Å². The first kappa shape index (κ1) is 14.0. The zero-order chi connectivity index (χ0) is 13.8. The fraction of sp³-hybridized carbons (Fsp3) is 0.250. The van der Waals surface area contributed by atoms with Crippen molar-refractivity contribution in [3.05, 3.63) is 58.9 Å². The lowest BCUT2D eigenvalue weighted by molar-refractivity contribution is 0.627. The zero-order valence-corrected chi connectivity index (χ0v) is 11.6. The van der Waals surface area contributed by atoms with E-state index in [9.17, 15) is 4.39 Å². The molecule has 2 aromatic rings. The van der Waals surface area contributed by atoms with E-state index in [1.54, 1.807) is 6.07 Å². The first-order chi connectivity index (χ1) is 9.13. The molecular formula is C16H17ClFN. The van der Waals surface area contributed by atoms with E-state index in [4.69, 9.17) is 17.3 Å². The highest BCUT2D eigenvalue weighted by atomic mass is 35.5. The van der Waals surface area contributed by atoms with Crippen LogP contribution in [0.4, 0.5) is 4.39 Å². The summed E-state index contributed by atoms with van der Waals surface area (Å²) in [5.74, 6) is 0.0589. The van der Waals surface area contributed by atoms with Crippen LogP contribution in [0.25, 0.3) is 11.1 Å². The van der Waals surface area contributed by atoms with Crippen LogP contribution in [0, 0.1) is 5.82 Å². The molecule has 0 spiro atoms. The summed E-state index contributed by atoms with van der Waals surface area (Å²) >= 11 is 6.14. The van der Waals surface area contributed by atoms with Gasteiger partial charge in [-0.2, -0.15) is 0 Å². The van der Waals surface area contributed by atoms with Crippen molar-refractivity contribution in [2.45, 2.75) is 19.3 Å². The topological polar surface area (TPSA) is 26.0 Å². The van der Waals surface area contributed by atoms with Crippen molar-refractivity contribution in [1.29, 1.82) is 0 Å². The molecule has 1 nitrogen and oxygen atoms in total. The SMILES string of the molecule is CC(CCN)c1ccc(F)c(-c2ccccc2Cl)c1. The standard InChI is InChI=1S/C16H17ClFN/c1-11(8-9-19)12-6-7-16(18)14(10-12)13-4-2-3-5-15(13)17/h2-7,10-11H,8-9,19H2,1H3. The van der Waals surface area contributed by atoms with E-state index in [0.29, 0.717) is 23.0 Å². The Morgan fingerprint density at radius 1 is 1.16 bits per heavy atom. The van der Waals surface area contributed by atoms with Crippen LogP contribution in [0.1, 0.15) is 24.8 Å². The number of nitrogens with two attached hydrogens (primary N) is 1. The molecule has 0 amide bonds. The largest absolute Gasteiger partial charge is 0.330 e. The lowest BCUT2D eigenvalue weighted by atomic mass is 9.94. The van der Waals surface area contributed by atoms with Crippen LogP contribution < -0.4 is 5.73 Å². The Balaban J connectivity index is 2.46. The van der Waals surface area contributed by atoms with Crippen molar-refractivity contribution in [2.75, 3.05) is 6.54 Å². The van der Waals surface area contributed by atoms with Crippen molar-refractivity contribution in [3.8, 4) is 11.1 Å². The molecule has 0 aliphatic carbocycles. The molecular weight excluding hydrogens is 261 g/mol. The second-order valence-corrected chi connectivity index (χ2v) is 5.10. The highest BCUT2D eigenvalue weighted by Crippen LogP contribution is 2.32. The molecule has 0 aliphatic rings. The average Bonchev–Trinajstić information content (AvgIpc) is 2.40. The van der Waals surface area contributed by atoms with Gasteiger partial charge in [-0.15, -0.1) is 0 Å². The van der Waals surface area contributed by atoms with Gasteiger partial charge in [0.25, 0.3) is 0 Å². The Morgan fingerprint density at radius 2 is 1.89 bits per heavy atom. The third-order valence-electron chi connectivity index (χ3n) is 3.32. The smallest absolute Gasteiger partial charge is 0.131 e. The third kappa shape index (κ3) is 3.14. The minimum Gasteiger partial charge on any atom is -0.330 e. The molecule has 2 N–H and O–H groups in total. The van der Waals surface area contributed by atoms with Crippen LogP contribution >= 0.6 is 11.6 Å². The quantitative estimate of drug-likeness (QED) is 0.868. The maximum Gasteiger partial charge on any atom is 0.131 e. The number of hydrogen-bond donors (Lipinski definition) is 1. The summed E-state index contributed by atoms with van der Waals surface area (Å²) in [6.45, 7) is 2.72. The van der Waals surface area contributed by atoms with Crippen LogP contribution in [-0.2, 0) is 0 Å². The van der Waals surface area contributed by atoms with Gasteiger partial charge in [-0.25, -0.2) is 4.39 Å². The Bertz CT molecular complexity index is 568. The van der Waals surface area contributed by atoms with Gasteiger partial charge in [0.2, 0.25) is 0 Å². The minimum atomic E-state index is -0.253. The van der Waals surface area contributed by atoms with Crippen LogP contribution in [0.2, 0.25) is 5.02 Å². The fourth-order valence-corrected chi connectivity index (χ4v) is 2.39. The highest BCUT2D eigenvalue weighted by Gasteiger charge is 2.12. The maximum absolute atomic E-state index is 14.0. The van der Waals surface area contributed by atoms with Crippen molar-refractivity contribution in [1.82, 2.24) is 0 Å². The molecule has 2 aromatic carbocycles. The van der Waals surface area contributed by atoms with E-state index in [1.165, 1.54) is 6.07 Å². The van der Waals surface area contributed by atoms with Crippen molar-refractivity contribution in [3.63, 3.8) is 0 Å². The summed E-state index contributed by atoms with van der Waals surface area (Å²) in [6, 6.07) is 12.5. The van der Waals surface area contributed by atoms with Gasteiger partial charge in [0, 0.05) is 16.1 Å². The number of rotatable bonds is 4. The second-order valence-electron chi connectivity index (χ2n) is 4.70. The molecule has 2 rings (SSSR count). The minimum absolute atomic E-state index is 0.253. The van der Waals surface area contributed by atoms with Crippen molar-refractivity contribution < 1.29 is 4.39 Å². The third-order valence-corrected chi connectivity index (χ3v) is 3.65. The Morgan fingerprint density at radius 3 is 2.58 bits per heavy atom. The van der Waals surface area contributed by atoms with Crippen LogP contribution in [0.15, 0.2) is 42.5 Å². The molecule has 1 atom stereocenters. The summed E-state index contributed by atoms with van der Waals surface area (Å²) in [7, 11) is 0. The lowest BCUT2D eigenvalue weighted by Gasteiger charge is -2.13. The summed E-state index contributed by atoms with van der Waals surface area (Å²) in [4.78, 5) is 0. The maximum atomic E-state index is 14.0. The average molecular weight is 278 g/mol.